The van der Waals surface area contributed by atoms with E-state index in [0.29, 0.717) is 0 Å². The smallest absolute Gasteiger partial charge is 0.251 e. The maximum absolute atomic E-state index is 11.9. The lowest BCUT2D eigenvalue weighted by Crippen LogP contribution is -2.28. The number of carbonyl (C=O) groups excluding carboxylic acids is 1. The van der Waals surface area contributed by atoms with Gasteiger partial charge in [-0.25, -0.2) is 0 Å². The average molecular weight is 246 g/mol. The molecule has 0 unspecified atom stereocenters. The Labute approximate surface area is 109 Å². The van der Waals surface area contributed by atoms with Gasteiger partial charge in [0.15, 0.2) is 0 Å². The molecule has 0 saturated carbocycles. The van der Waals surface area contributed by atoms with Crippen molar-refractivity contribution in [1.82, 2.24) is 10.2 Å². The van der Waals surface area contributed by atoms with Gasteiger partial charge in [-0.3, -0.25) is 4.79 Å². The maximum Gasteiger partial charge on any atom is 0.251 e. The fourth-order valence-corrected chi connectivity index (χ4v) is 2.40. The van der Waals surface area contributed by atoms with Gasteiger partial charge in [-0.05, 0) is 58.0 Å². The Kier molecular flexibility index (Phi) is 4.76. The van der Waals surface area contributed by atoms with Gasteiger partial charge < -0.3 is 10.2 Å². The number of aryl methyl sites for hydroxylation is 1. The number of hydrogen-bond acceptors (Lipinski definition) is 2. The fourth-order valence-electron chi connectivity index (χ4n) is 2.40. The summed E-state index contributed by atoms with van der Waals surface area (Å²) in [6.07, 6.45) is 3.70. The summed E-state index contributed by atoms with van der Waals surface area (Å²) in [5.41, 5.74) is 1.89. The molecule has 1 saturated heterocycles. The third kappa shape index (κ3) is 3.84. The Bertz CT molecular complexity index is 397. The molecule has 1 amide bonds. The van der Waals surface area contributed by atoms with Crippen LogP contribution in [0.1, 0.15) is 35.2 Å². The summed E-state index contributed by atoms with van der Waals surface area (Å²) in [5, 5.41) is 2.98. The Morgan fingerprint density at radius 1 is 1.33 bits per heavy atom. The van der Waals surface area contributed by atoms with E-state index >= 15 is 0 Å². The molecule has 0 aromatic heterocycles. The monoisotopic (exact) mass is 246 g/mol. The highest BCUT2D eigenvalue weighted by atomic mass is 16.1. The largest absolute Gasteiger partial charge is 0.352 e. The van der Waals surface area contributed by atoms with Crippen molar-refractivity contribution in [2.24, 2.45) is 0 Å². The van der Waals surface area contributed by atoms with Gasteiger partial charge in [0.2, 0.25) is 0 Å². The van der Waals surface area contributed by atoms with E-state index in [-0.39, 0.29) is 5.91 Å². The highest BCUT2D eigenvalue weighted by molar-refractivity contribution is 5.94. The van der Waals surface area contributed by atoms with Crippen LogP contribution in [0.3, 0.4) is 0 Å². The van der Waals surface area contributed by atoms with Crippen LogP contribution in [0.15, 0.2) is 24.3 Å². The first-order chi connectivity index (χ1) is 8.75. The molecule has 1 aliphatic heterocycles. The fraction of sp³-hybridized carbons (Fsp3) is 0.533. The minimum absolute atomic E-state index is 0.0418. The first-order valence-corrected chi connectivity index (χ1v) is 6.83. The topological polar surface area (TPSA) is 32.3 Å². The van der Waals surface area contributed by atoms with Crippen LogP contribution in [0.4, 0.5) is 0 Å². The molecule has 3 nitrogen and oxygen atoms in total. The minimum atomic E-state index is 0.0418. The van der Waals surface area contributed by atoms with Crippen LogP contribution in [0.2, 0.25) is 0 Å². The second-order valence-electron chi connectivity index (χ2n) is 5.03. The van der Waals surface area contributed by atoms with Crippen LogP contribution in [-0.2, 0) is 0 Å². The van der Waals surface area contributed by atoms with Crippen LogP contribution >= 0.6 is 0 Å². The van der Waals surface area contributed by atoms with E-state index < -0.39 is 0 Å². The van der Waals surface area contributed by atoms with Crippen molar-refractivity contribution in [2.45, 2.75) is 26.2 Å². The van der Waals surface area contributed by atoms with Crippen molar-refractivity contribution in [2.75, 3.05) is 26.2 Å². The molecule has 1 aromatic rings. The number of nitrogens with zero attached hydrogens (tertiary/aromatic N) is 1. The van der Waals surface area contributed by atoms with Gasteiger partial charge >= 0.3 is 0 Å². The Balaban J connectivity index is 1.68. The van der Waals surface area contributed by atoms with Gasteiger partial charge in [0.1, 0.15) is 0 Å². The van der Waals surface area contributed by atoms with Gasteiger partial charge in [-0.15, -0.1) is 0 Å². The molecule has 1 heterocycles. The predicted octanol–water partition coefficient (Wildman–Crippen LogP) is 2.21. The summed E-state index contributed by atoms with van der Waals surface area (Å²) in [5.74, 6) is 0.0418. The Morgan fingerprint density at radius 2 is 2.11 bits per heavy atom. The normalized spacial score (nSPS) is 15.8. The van der Waals surface area contributed by atoms with Gasteiger partial charge in [0.05, 0.1) is 0 Å². The minimum Gasteiger partial charge on any atom is -0.352 e. The van der Waals surface area contributed by atoms with Crippen LogP contribution in [0.25, 0.3) is 0 Å². The zero-order valence-corrected chi connectivity index (χ0v) is 11.1. The Morgan fingerprint density at radius 3 is 2.83 bits per heavy atom. The third-order valence-corrected chi connectivity index (χ3v) is 3.42. The number of amides is 1. The van der Waals surface area contributed by atoms with Crippen molar-refractivity contribution < 1.29 is 4.79 Å². The number of carbonyl (C=O) groups is 1. The van der Waals surface area contributed by atoms with E-state index in [9.17, 15) is 4.79 Å². The van der Waals surface area contributed by atoms with E-state index in [2.05, 4.69) is 10.2 Å². The molecule has 1 aromatic carbocycles. The lowest BCUT2D eigenvalue weighted by atomic mass is 10.1. The zero-order chi connectivity index (χ0) is 12.8. The summed E-state index contributed by atoms with van der Waals surface area (Å²) in [4.78, 5) is 14.3. The quantitative estimate of drug-likeness (QED) is 0.808. The summed E-state index contributed by atoms with van der Waals surface area (Å²) in [7, 11) is 0. The SMILES string of the molecule is Cc1cccc(C(=O)NCCCN2CCCC2)c1. The summed E-state index contributed by atoms with van der Waals surface area (Å²) >= 11 is 0. The molecule has 0 radical (unpaired) electrons. The van der Waals surface area contributed by atoms with Crippen LogP contribution in [0.5, 0.6) is 0 Å². The molecule has 1 N–H and O–H groups in total. The Hall–Kier alpha value is -1.35. The van der Waals surface area contributed by atoms with E-state index in [1.165, 1.54) is 25.9 Å². The lowest BCUT2D eigenvalue weighted by molar-refractivity contribution is 0.0952. The number of nitrogens with one attached hydrogen (secondary N) is 1. The van der Waals surface area contributed by atoms with E-state index in [1.54, 1.807) is 0 Å². The molecule has 0 bridgehead atoms. The van der Waals surface area contributed by atoms with Crippen LogP contribution in [-0.4, -0.2) is 37.0 Å². The first-order valence-electron chi connectivity index (χ1n) is 6.83. The standard InChI is InChI=1S/C15H22N2O/c1-13-6-4-7-14(12-13)15(18)16-8-5-11-17-9-2-3-10-17/h4,6-7,12H,2-3,5,8-11H2,1H3,(H,16,18). The van der Waals surface area contributed by atoms with Gasteiger partial charge in [0, 0.05) is 12.1 Å². The van der Waals surface area contributed by atoms with Crippen LogP contribution < -0.4 is 5.32 Å². The number of rotatable bonds is 5. The number of hydrogen-bond donors (Lipinski definition) is 1. The van der Waals surface area contributed by atoms with Crippen LogP contribution in [0, 0.1) is 6.92 Å². The molecule has 1 aliphatic rings. The van der Waals surface area contributed by atoms with E-state index in [0.717, 1.165) is 30.6 Å². The zero-order valence-electron chi connectivity index (χ0n) is 11.1. The number of benzene rings is 1. The highest BCUT2D eigenvalue weighted by Gasteiger charge is 2.10. The van der Waals surface area contributed by atoms with Gasteiger partial charge in [-0.2, -0.15) is 0 Å². The average Bonchev–Trinajstić information content (AvgIpc) is 2.87. The maximum atomic E-state index is 11.9. The summed E-state index contributed by atoms with van der Waals surface area (Å²) < 4.78 is 0. The van der Waals surface area contributed by atoms with Gasteiger partial charge in [-0.1, -0.05) is 17.7 Å². The van der Waals surface area contributed by atoms with Crippen molar-refractivity contribution in [3.05, 3.63) is 35.4 Å². The predicted molar refractivity (Wildman–Crippen MR) is 73.8 cm³/mol. The van der Waals surface area contributed by atoms with Gasteiger partial charge in [0.25, 0.3) is 5.91 Å². The summed E-state index contributed by atoms with van der Waals surface area (Å²) in [6, 6.07) is 7.72. The third-order valence-electron chi connectivity index (χ3n) is 3.42. The molecule has 3 heteroatoms. The second-order valence-corrected chi connectivity index (χ2v) is 5.03. The van der Waals surface area contributed by atoms with E-state index in [4.69, 9.17) is 0 Å². The van der Waals surface area contributed by atoms with Crippen molar-refractivity contribution in [1.29, 1.82) is 0 Å². The molecule has 18 heavy (non-hydrogen) atoms. The molecule has 0 spiro atoms. The molecule has 98 valence electrons. The molecular formula is C15H22N2O. The molecule has 0 atom stereocenters. The second kappa shape index (κ2) is 6.55. The molecule has 2 rings (SSSR count). The van der Waals surface area contributed by atoms with Crippen molar-refractivity contribution >= 4 is 5.91 Å². The summed E-state index contributed by atoms with van der Waals surface area (Å²) in [6.45, 7) is 6.33. The number of likely N-dealkylation sites (tertiary alicyclic amines) is 1. The van der Waals surface area contributed by atoms with E-state index in [1.807, 2.05) is 31.2 Å². The van der Waals surface area contributed by atoms with Crippen molar-refractivity contribution in [3.8, 4) is 0 Å². The highest BCUT2D eigenvalue weighted by Crippen LogP contribution is 2.07. The molecule has 0 aliphatic carbocycles. The molecule has 1 fully saturated rings. The lowest BCUT2D eigenvalue weighted by Gasteiger charge is -2.14. The first kappa shape index (κ1) is 13.1. The van der Waals surface area contributed by atoms with Crippen molar-refractivity contribution in [3.63, 3.8) is 0 Å². The molecular weight excluding hydrogens is 224 g/mol.